The van der Waals surface area contributed by atoms with Gasteiger partial charge in [0.1, 0.15) is 35.4 Å². The van der Waals surface area contributed by atoms with Crippen LogP contribution in [0.4, 0.5) is 21.0 Å². The lowest BCUT2D eigenvalue weighted by molar-refractivity contribution is 0.251. The van der Waals surface area contributed by atoms with Gasteiger partial charge >= 0.3 is 12.1 Å². The van der Waals surface area contributed by atoms with Gasteiger partial charge in [0.05, 0.1) is 0 Å². The summed E-state index contributed by atoms with van der Waals surface area (Å²) in [6.07, 6.45) is 2.93. The Bertz CT molecular complexity index is 2400. The molecule has 0 aliphatic heterocycles. The fourth-order valence-electron chi connectivity index (χ4n) is 7.23. The monoisotopic (exact) mass is 730 g/mol. The summed E-state index contributed by atoms with van der Waals surface area (Å²) in [5, 5.41) is 48.6. The van der Waals surface area contributed by atoms with E-state index in [2.05, 4.69) is 33.4 Å². The van der Waals surface area contributed by atoms with Crippen LogP contribution in [0.3, 0.4) is 0 Å². The van der Waals surface area contributed by atoms with Crippen molar-refractivity contribution in [2.45, 2.75) is 38.8 Å². The number of hydrogen-bond acceptors (Lipinski definition) is 6. The van der Waals surface area contributed by atoms with Crippen LogP contribution in [0, 0.1) is 45.3 Å². The first-order valence-corrected chi connectivity index (χ1v) is 18.1. The molecule has 0 saturated carbocycles. The number of carbonyl (C=O) groups is 2. The summed E-state index contributed by atoms with van der Waals surface area (Å²) in [5.41, 5.74) is 13.2. The summed E-state index contributed by atoms with van der Waals surface area (Å²) < 4.78 is 0. The maximum absolute atomic E-state index is 12.7. The molecule has 0 saturated heterocycles. The number of anilines is 2. The lowest BCUT2D eigenvalue weighted by Crippen LogP contribution is -2.29. The van der Waals surface area contributed by atoms with Crippen molar-refractivity contribution in [3.05, 3.63) is 154 Å². The van der Waals surface area contributed by atoms with Crippen LogP contribution in [0.25, 0.3) is 33.4 Å². The molecule has 0 radical (unpaired) electrons. The third-order valence-corrected chi connectivity index (χ3v) is 10.0. The van der Waals surface area contributed by atoms with Crippen LogP contribution in [-0.2, 0) is 25.9 Å². The van der Waals surface area contributed by atoms with Crippen molar-refractivity contribution in [1.82, 2.24) is 10.6 Å². The van der Waals surface area contributed by atoms with Crippen LogP contribution in [-0.4, -0.2) is 12.1 Å². The number of fused-ring (bicyclic) bond motifs is 2. The molecule has 10 nitrogen and oxygen atoms in total. The summed E-state index contributed by atoms with van der Waals surface area (Å²) in [5.74, 6) is 0. The number of hydrogen-bond donors (Lipinski definition) is 4. The predicted molar refractivity (Wildman–Crippen MR) is 215 cm³/mol. The first-order chi connectivity index (χ1) is 27.3. The third kappa shape index (κ3) is 8.02. The summed E-state index contributed by atoms with van der Waals surface area (Å²) >= 11 is 0. The molecule has 0 atom stereocenters. The van der Waals surface area contributed by atoms with E-state index in [0.29, 0.717) is 37.3 Å². The average Bonchev–Trinajstić information content (AvgIpc) is 3.85. The lowest BCUT2D eigenvalue weighted by Gasteiger charge is -2.11. The van der Waals surface area contributed by atoms with Crippen molar-refractivity contribution in [1.29, 1.82) is 21.0 Å². The highest BCUT2D eigenvalue weighted by atomic mass is 16.2. The van der Waals surface area contributed by atoms with Gasteiger partial charge in [-0.2, -0.15) is 21.0 Å². The van der Waals surface area contributed by atoms with Gasteiger partial charge in [0, 0.05) is 24.5 Å². The lowest BCUT2D eigenvalue weighted by atomic mass is 9.98. The molecule has 0 heterocycles. The highest BCUT2D eigenvalue weighted by molar-refractivity contribution is 5.91. The number of rotatable bonds is 8. The number of nitriles is 4. The zero-order valence-corrected chi connectivity index (χ0v) is 30.2. The van der Waals surface area contributed by atoms with Gasteiger partial charge in [-0.05, 0) is 117 Å². The van der Waals surface area contributed by atoms with E-state index in [0.717, 1.165) is 79.6 Å². The topological polar surface area (TPSA) is 177 Å². The molecule has 4 amide bonds. The minimum atomic E-state index is -0.346. The molecule has 5 aromatic rings. The van der Waals surface area contributed by atoms with Crippen molar-refractivity contribution in [2.24, 2.45) is 0 Å². The Morgan fingerprint density at radius 2 is 0.875 bits per heavy atom. The van der Waals surface area contributed by atoms with Gasteiger partial charge in [0.2, 0.25) is 0 Å². The highest BCUT2D eigenvalue weighted by Gasteiger charge is 2.22. The number of benzene rings is 5. The number of allylic oxidation sites excluding steroid dienone is 4. The van der Waals surface area contributed by atoms with Gasteiger partial charge in [-0.1, -0.05) is 84.9 Å². The summed E-state index contributed by atoms with van der Waals surface area (Å²) in [6.45, 7) is 0.591. The van der Waals surface area contributed by atoms with Crippen molar-refractivity contribution in [3.63, 3.8) is 0 Å². The normalized spacial score (nSPS) is 12.1. The zero-order valence-electron chi connectivity index (χ0n) is 30.2. The van der Waals surface area contributed by atoms with Gasteiger partial charge < -0.3 is 21.3 Å². The molecule has 270 valence electrons. The summed E-state index contributed by atoms with van der Waals surface area (Å²) in [6, 6.07) is 42.2. The SMILES string of the molecule is N#CC(C#N)=C1CCc2cc(-c3ccc(NC(=O)NCc4cccc(CNC(=O)Nc5ccc(-c6ccc7c(c6)CCC7=C(C#N)C#N)cc5)c4)cc3)ccc21. The minimum absolute atomic E-state index is 0.174. The molecule has 10 heteroatoms. The molecule has 0 bridgehead atoms. The number of nitrogens with zero attached hydrogens (tertiary/aromatic N) is 4. The van der Waals surface area contributed by atoms with E-state index in [9.17, 15) is 30.6 Å². The number of carbonyl (C=O) groups excluding carboxylic acids is 2. The predicted octanol–water partition coefficient (Wildman–Crippen LogP) is 9.16. The Labute approximate surface area is 324 Å². The highest BCUT2D eigenvalue weighted by Crippen LogP contribution is 2.38. The molecule has 0 unspecified atom stereocenters. The fraction of sp³-hybridized carbons (Fsp3) is 0.130. The smallest absolute Gasteiger partial charge is 0.319 e. The van der Waals surface area contributed by atoms with Gasteiger partial charge in [-0.3, -0.25) is 0 Å². The molecule has 56 heavy (non-hydrogen) atoms. The van der Waals surface area contributed by atoms with E-state index in [4.69, 9.17) is 0 Å². The van der Waals surface area contributed by atoms with Crippen LogP contribution in [0.1, 0.15) is 46.2 Å². The van der Waals surface area contributed by atoms with E-state index >= 15 is 0 Å². The van der Waals surface area contributed by atoms with E-state index in [-0.39, 0.29) is 23.2 Å². The van der Waals surface area contributed by atoms with Crippen molar-refractivity contribution < 1.29 is 9.59 Å². The fourth-order valence-corrected chi connectivity index (χ4v) is 7.23. The molecule has 0 fully saturated rings. The third-order valence-electron chi connectivity index (χ3n) is 10.0. The molecular weight excluding hydrogens is 697 g/mol. The second kappa shape index (κ2) is 16.4. The van der Waals surface area contributed by atoms with Crippen LogP contribution < -0.4 is 21.3 Å². The first kappa shape index (κ1) is 36.4. The van der Waals surface area contributed by atoms with E-state index in [1.807, 2.05) is 121 Å². The van der Waals surface area contributed by atoms with Crippen LogP contribution >= 0.6 is 0 Å². The molecule has 2 aliphatic rings. The summed E-state index contributed by atoms with van der Waals surface area (Å²) in [7, 11) is 0. The second-order valence-electron chi connectivity index (χ2n) is 13.5. The first-order valence-electron chi connectivity index (χ1n) is 18.1. The number of urea groups is 2. The zero-order chi connectivity index (χ0) is 39.0. The number of nitrogens with one attached hydrogen (secondary N) is 4. The van der Waals surface area contributed by atoms with Gasteiger partial charge in [-0.25, -0.2) is 9.59 Å². The van der Waals surface area contributed by atoms with Gasteiger partial charge in [-0.15, -0.1) is 0 Å². The van der Waals surface area contributed by atoms with E-state index in [1.165, 1.54) is 0 Å². The largest absolute Gasteiger partial charge is 0.334 e. The van der Waals surface area contributed by atoms with Crippen LogP contribution in [0.15, 0.2) is 120 Å². The van der Waals surface area contributed by atoms with Crippen molar-refractivity contribution >= 4 is 34.6 Å². The maximum atomic E-state index is 12.7. The second-order valence-corrected chi connectivity index (χ2v) is 13.5. The van der Waals surface area contributed by atoms with Gasteiger partial charge in [0.25, 0.3) is 0 Å². The van der Waals surface area contributed by atoms with Crippen molar-refractivity contribution in [2.75, 3.05) is 10.6 Å². The molecule has 0 spiro atoms. The van der Waals surface area contributed by atoms with Crippen LogP contribution in [0.5, 0.6) is 0 Å². The molecule has 5 aromatic carbocycles. The molecule has 4 N–H and O–H groups in total. The Kier molecular flexibility index (Phi) is 10.7. The Morgan fingerprint density at radius 3 is 1.27 bits per heavy atom. The quantitative estimate of drug-likeness (QED) is 0.116. The Hall–Kier alpha value is -7.92. The van der Waals surface area contributed by atoms with Crippen molar-refractivity contribution in [3.8, 4) is 46.5 Å². The van der Waals surface area contributed by atoms with Gasteiger partial charge in [0.15, 0.2) is 0 Å². The van der Waals surface area contributed by atoms with E-state index < -0.39 is 0 Å². The van der Waals surface area contributed by atoms with E-state index in [1.54, 1.807) is 0 Å². The molecule has 7 rings (SSSR count). The molecular formula is C46H34N8O2. The average molecular weight is 731 g/mol. The Morgan fingerprint density at radius 1 is 0.482 bits per heavy atom. The Balaban J connectivity index is 0.872. The number of amides is 4. The maximum Gasteiger partial charge on any atom is 0.319 e. The minimum Gasteiger partial charge on any atom is -0.334 e. The summed E-state index contributed by atoms with van der Waals surface area (Å²) in [4.78, 5) is 25.4. The van der Waals surface area contributed by atoms with Crippen LogP contribution in [0.2, 0.25) is 0 Å². The molecule has 0 aromatic heterocycles. The number of aryl methyl sites for hydroxylation is 2. The standard InChI is InChI=1S/C46H34N8O2/c47-23-37(24-48)43-18-10-35-21-33(8-16-41(35)43)31-4-12-39(13-5-31)53-45(55)51-27-29-2-1-3-30(20-29)28-52-46(56)54-40-14-6-32(7-15-40)34-9-17-42-36(22-34)11-19-44(42)38(25-49)26-50/h1-9,12-17,20-22H,10-11,18-19,27-28H2,(H2,51,53,55)(H2,52,54,56). The molecule has 2 aliphatic carbocycles.